The molecule has 0 saturated carbocycles. The second-order valence-corrected chi connectivity index (χ2v) is 6.73. The molecule has 0 aliphatic carbocycles. The molecule has 130 valence electrons. The van der Waals surface area contributed by atoms with Gasteiger partial charge in [0.2, 0.25) is 5.91 Å². The van der Waals surface area contributed by atoms with Crippen molar-refractivity contribution in [2.45, 2.75) is 20.0 Å². The number of amides is 1. The van der Waals surface area contributed by atoms with Crippen LogP contribution in [0.4, 0.5) is 10.1 Å². The summed E-state index contributed by atoms with van der Waals surface area (Å²) in [7, 11) is 0. The van der Waals surface area contributed by atoms with Gasteiger partial charge in [-0.3, -0.25) is 14.2 Å². The van der Waals surface area contributed by atoms with Crippen molar-refractivity contribution in [2.24, 2.45) is 0 Å². The Bertz CT molecular complexity index is 904. The molecule has 0 atom stereocenters. The van der Waals surface area contributed by atoms with E-state index >= 15 is 0 Å². The first-order valence-corrected chi connectivity index (χ1v) is 8.53. The fourth-order valence-electron chi connectivity index (χ4n) is 2.26. The lowest BCUT2D eigenvalue weighted by Gasteiger charge is -2.05. The quantitative estimate of drug-likeness (QED) is 0.677. The number of halogens is 3. The van der Waals surface area contributed by atoms with Gasteiger partial charge in [-0.15, -0.1) is 0 Å². The summed E-state index contributed by atoms with van der Waals surface area (Å²) >= 11 is 9.37. The van der Waals surface area contributed by atoms with Gasteiger partial charge in [-0.1, -0.05) is 17.7 Å². The number of hydrogen-bond acceptors (Lipinski definition) is 3. The number of nitrogens with zero attached hydrogens (tertiary/aromatic N) is 4. The second-order valence-electron chi connectivity index (χ2n) is 5.47. The van der Waals surface area contributed by atoms with E-state index in [2.05, 4.69) is 31.4 Å². The molecule has 25 heavy (non-hydrogen) atoms. The maximum absolute atomic E-state index is 13.1. The maximum Gasteiger partial charge on any atom is 0.246 e. The minimum atomic E-state index is -0.386. The van der Waals surface area contributed by atoms with Gasteiger partial charge in [0.05, 0.1) is 28.6 Å². The molecule has 3 aromatic rings. The maximum atomic E-state index is 13.1. The van der Waals surface area contributed by atoms with Gasteiger partial charge in [0.15, 0.2) is 0 Å². The van der Waals surface area contributed by atoms with Gasteiger partial charge in [0, 0.05) is 17.4 Å². The van der Waals surface area contributed by atoms with E-state index in [1.807, 2.05) is 6.92 Å². The van der Waals surface area contributed by atoms with E-state index in [1.54, 1.807) is 34.0 Å². The van der Waals surface area contributed by atoms with Crippen molar-refractivity contribution in [1.82, 2.24) is 19.6 Å². The molecular weight excluding hydrogens is 413 g/mol. The molecule has 0 unspecified atom stereocenters. The number of aryl methyl sites for hydroxylation is 1. The molecule has 0 spiro atoms. The molecule has 9 heteroatoms. The molecule has 3 rings (SSSR count). The Labute approximate surface area is 156 Å². The zero-order valence-corrected chi connectivity index (χ0v) is 15.6. The molecular formula is C16H14BrClFN5O. The highest BCUT2D eigenvalue weighted by atomic mass is 79.9. The zero-order valence-electron chi connectivity index (χ0n) is 13.2. The number of benzene rings is 1. The number of aromatic nitrogens is 4. The number of hydrogen-bond donors (Lipinski definition) is 1. The van der Waals surface area contributed by atoms with Gasteiger partial charge in [0.1, 0.15) is 12.4 Å². The van der Waals surface area contributed by atoms with Crippen LogP contribution in [0, 0.1) is 12.7 Å². The highest BCUT2D eigenvalue weighted by molar-refractivity contribution is 9.10. The monoisotopic (exact) mass is 425 g/mol. The van der Waals surface area contributed by atoms with Gasteiger partial charge in [0.25, 0.3) is 0 Å². The van der Waals surface area contributed by atoms with Crippen LogP contribution < -0.4 is 5.32 Å². The SMILES string of the molecule is Cc1nn(CC(=O)Nc2cnn(Cc3ccc(F)cc3Cl)c2)cc1Br. The van der Waals surface area contributed by atoms with Crippen LogP contribution in [-0.2, 0) is 17.9 Å². The summed E-state index contributed by atoms with van der Waals surface area (Å²) in [6.07, 6.45) is 4.97. The Balaban J connectivity index is 1.62. The van der Waals surface area contributed by atoms with Gasteiger partial charge >= 0.3 is 0 Å². The molecule has 0 radical (unpaired) electrons. The third kappa shape index (κ3) is 4.46. The number of nitrogens with one attached hydrogen (secondary N) is 1. The summed E-state index contributed by atoms with van der Waals surface area (Å²) in [5.41, 5.74) is 2.11. The highest BCUT2D eigenvalue weighted by Crippen LogP contribution is 2.19. The van der Waals surface area contributed by atoms with E-state index < -0.39 is 0 Å². The Morgan fingerprint density at radius 1 is 1.36 bits per heavy atom. The Morgan fingerprint density at radius 2 is 2.16 bits per heavy atom. The molecule has 0 aliphatic rings. The lowest BCUT2D eigenvalue weighted by atomic mass is 10.2. The predicted molar refractivity (Wildman–Crippen MR) is 96.0 cm³/mol. The van der Waals surface area contributed by atoms with E-state index in [4.69, 9.17) is 11.6 Å². The van der Waals surface area contributed by atoms with Crippen molar-refractivity contribution < 1.29 is 9.18 Å². The molecule has 1 aromatic carbocycles. The zero-order chi connectivity index (χ0) is 18.0. The highest BCUT2D eigenvalue weighted by Gasteiger charge is 2.09. The first kappa shape index (κ1) is 17.6. The molecule has 0 saturated heterocycles. The van der Waals surface area contributed by atoms with Crippen LogP contribution in [0.3, 0.4) is 0 Å². The van der Waals surface area contributed by atoms with Crippen LogP contribution in [0.5, 0.6) is 0 Å². The average Bonchev–Trinajstić information content (AvgIpc) is 3.09. The first-order chi connectivity index (χ1) is 11.9. The molecule has 1 amide bonds. The summed E-state index contributed by atoms with van der Waals surface area (Å²) in [5.74, 6) is -0.600. The smallest absolute Gasteiger partial charge is 0.246 e. The van der Waals surface area contributed by atoms with Crippen molar-refractivity contribution in [2.75, 3.05) is 5.32 Å². The summed E-state index contributed by atoms with van der Waals surface area (Å²) in [6.45, 7) is 2.32. The molecule has 1 N–H and O–H groups in total. The van der Waals surface area contributed by atoms with Gasteiger partial charge in [-0.25, -0.2) is 4.39 Å². The molecule has 2 aromatic heterocycles. The first-order valence-electron chi connectivity index (χ1n) is 7.36. The summed E-state index contributed by atoms with van der Waals surface area (Å²) < 4.78 is 17.1. The number of carbonyl (C=O) groups is 1. The average molecular weight is 427 g/mol. The summed E-state index contributed by atoms with van der Waals surface area (Å²) in [5, 5.41) is 11.5. The molecule has 0 bridgehead atoms. The van der Waals surface area contributed by atoms with E-state index in [-0.39, 0.29) is 18.3 Å². The van der Waals surface area contributed by atoms with Crippen LogP contribution in [0.2, 0.25) is 5.02 Å². The van der Waals surface area contributed by atoms with Gasteiger partial charge in [-0.05, 0) is 40.5 Å². The molecule has 6 nitrogen and oxygen atoms in total. The summed E-state index contributed by atoms with van der Waals surface area (Å²) in [6, 6.07) is 4.21. The van der Waals surface area contributed by atoms with Crippen LogP contribution >= 0.6 is 27.5 Å². The second kappa shape index (κ2) is 7.37. The standard InChI is InChI=1S/C16H14BrClFN5O/c1-10-14(17)8-24(22-10)9-16(25)21-13-5-20-23(7-13)6-11-2-3-12(19)4-15(11)18/h2-5,7-8H,6,9H2,1H3,(H,21,25). The predicted octanol–water partition coefficient (Wildman–Crippen LogP) is 3.63. The van der Waals surface area contributed by atoms with E-state index in [9.17, 15) is 9.18 Å². The minimum absolute atomic E-state index is 0.0986. The van der Waals surface area contributed by atoms with Crippen molar-refractivity contribution in [1.29, 1.82) is 0 Å². The molecule has 0 fully saturated rings. The lowest BCUT2D eigenvalue weighted by molar-refractivity contribution is -0.116. The van der Waals surface area contributed by atoms with E-state index in [0.29, 0.717) is 17.3 Å². The Kier molecular flexibility index (Phi) is 5.19. The van der Waals surface area contributed by atoms with E-state index in [1.165, 1.54) is 12.1 Å². The summed E-state index contributed by atoms with van der Waals surface area (Å²) in [4.78, 5) is 12.1. The molecule has 2 heterocycles. The fourth-order valence-corrected chi connectivity index (χ4v) is 2.80. The van der Waals surface area contributed by atoms with Crippen LogP contribution in [0.25, 0.3) is 0 Å². The van der Waals surface area contributed by atoms with Gasteiger partial charge in [-0.2, -0.15) is 10.2 Å². The van der Waals surface area contributed by atoms with Crippen molar-refractivity contribution >= 4 is 39.1 Å². The van der Waals surface area contributed by atoms with E-state index in [0.717, 1.165) is 15.7 Å². The minimum Gasteiger partial charge on any atom is -0.322 e. The van der Waals surface area contributed by atoms with Crippen LogP contribution in [0.1, 0.15) is 11.3 Å². The molecule has 0 aliphatic heterocycles. The van der Waals surface area contributed by atoms with Crippen molar-refractivity contribution in [3.05, 3.63) is 63.4 Å². The lowest BCUT2D eigenvalue weighted by Crippen LogP contribution is -2.18. The Hall–Kier alpha value is -2.19. The fraction of sp³-hybridized carbons (Fsp3) is 0.188. The van der Waals surface area contributed by atoms with Crippen molar-refractivity contribution in [3.8, 4) is 0 Å². The van der Waals surface area contributed by atoms with Crippen molar-refractivity contribution in [3.63, 3.8) is 0 Å². The largest absolute Gasteiger partial charge is 0.322 e. The third-order valence-corrected chi connectivity index (χ3v) is 4.59. The van der Waals surface area contributed by atoms with Crippen LogP contribution in [0.15, 0.2) is 41.3 Å². The van der Waals surface area contributed by atoms with Crippen LogP contribution in [-0.4, -0.2) is 25.5 Å². The topological polar surface area (TPSA) is 64.7 Å². The number of rotatable bonds is 5. The Morgan fingerprint density at radius 3 is 2.84 bits per heavy atom. The number of anilines is 1. The third-order valence-electron chi connectivity index (χ3n) is 3.46. The normalized spacial score (nSPS) is 10.9. The van der Waals surface area contributed by atoms with Gasteiger partial charge < -0.3 is 5.32 Å². The number of carbonyl (C=O) groups excluding carboxylic acids is 1.